The lowest BCUT2D eigenvalue weighted by Gasteiger charge is -2.43. The number of rotatable bonds is 2. The van der Waals surface area contributed by atoms with Crippen LogP contribution in [0.1, 0.15) is 25.5 Å². The third-order valence-corrected chi connectivity index (χ3v) is 3.63. The number of carbonyl (C=O) groups is 1. The number of hydrogen-bond acceptors (Lipinski definition) is 2. The van der Waals surface area contributed by atoms with Crippen LogP contribution in [0.3, 0.4) is 0 Å². The van der Waals surface area contributed by atoms with Crippen molar-refractivity contribution in [3.8, 4) is 0 Å². The Hall–Kier alpha value is -1.35. The Morgan fingerprint density at radius 2 is 1.94 bits per heavy atom. The molecule has 2 fully saturated rings. The molecule has 3 nitrogen and oxygen atoms in total. The summed E-state index contributed by atoms with van der Waals surface area (Å²) in [7, 11) is 0. The zero-order valence-electron chi connectivity index (χ0n) is 9.44. The summed E-state index contributed by atoms with van der Waals surface area (Å²) in [6.45, 7) is 3.94. The van der Waals surface area contributed by atoms with Gasteiger partial charge >= 0.3 is 0 Å². The smallest absolute Gasteiger partial charge is 0.228 e. The van der Waals surface area contributed by atoms with Crippen molar-refractivity contribution >= 4 is 5.91 Å². The summed E-state index contributed by atoms with van der Waals surface area (Å²) in [6, 6.07) is 10.3. The molecular formula is C13H15NO2. The molecule has 0 aromatic heterocycles. The summed E-state index contributed by atoms with van der Waals surface area (Å²) in [6.07, 6.45) is 0.307. The third kappa shape index (κ3) is 1.28. The average molecular weight is 217 g/mol. The molecular weight excluding hydrogens is 202 g/mol. The molecule has 2 aliphatic rings. The summed E-state index contributed by atoms with van der Waals surface area (Å²) >= 11 is 0. The van der Waals surface area contributed by atoms with E-state index in [1.165, 1.54) is 5.56 Å². The summed E-state index contributed by atoms with van der Waals surface area (Å²) in [5, 5.41) is 2.93. The Balaban J connectivity index is 1.72. The normalized spacial score (nSPS) is 35.1. The maximum absolute atomic E-state index is 11.4. The zero-order valence-corrected chi connectivity index (χ0v) is 9.44. The molecule has 0 aliphatic carbocycles. The molecule has 0 radical (unpaired) electrons. The summed E-state index contributed by atoms with van der Waals surface area (Å²) < 4.78 is 5.68. The van der Waals surface area contributed by atoms with Gasteiger partial charge in [-0.1, -0.05) is 30.3 Å². The minimum Gasteiger partial charge on any atom is -0.362 e. The molecule has 1 aromatic rings. The largest absolute Gasteiger partial charge is 0.362 e. The highest BCUT2D eigenvalue weighted by Crippen LogP contribution is 2.48. The van der Waals surface area contributed by atoms with Gasteiger partial charge in [0.05, 0.1) is 11.5 Å². The van der Waals surface area contributed by atoms with Crippen LogP contribution in [-0.2, 0) is 9.53 Å². The number of carbonyl (C=O) groups excluding carboxylic acids is 1. The molecule has 3 rings (SSSR count). The van der Waals surface area contributed by atoms with Crippen molar-refractivity contribution in [1.82, 2.24) is 5.32 Å². The standard InChI is InChI=1S/C13H15NO2/c1-13(2)11(14-12(13)15)10-9(16-10)8-6-4-3-5-7-8/h3-7,9-11H,1-2H3,(H,14,15). The molecule has 2 heterocycles. The molecule has 2 aliphatic heterocycles. The third-order valence-electron chi connectivity index (χ3n) is 3.63. The number of amides is 1. The molecule has 3 unspecified atom stereocenters. The second-order valence-corrected chi connectivity index (χ2v) is 5.10. The van der Waals surface area contributed by atoms with E-state index in [4.69, 9.17) is 4.74 Å². The van der Waals surface area contributed by atoms with Crippen LogP contribution in [0.2, 0.25) is 0 Å². The van der Waals surface area contributed by atoms with E-state index < -0.39 is 0 Å². The predicted molar refractivity (Wildman–Crippen MR) is 59.8 cm³/mol. The fraction of sp³-hybridized carbons (Fsp3) is 0.462. The van der Waals surface area contributed by atoms with Crippen molar-refractivity contribution in [2.75, 3.05) is 0 Å². The van der Waals surface area contributed by atoms with Crippen LogP contribution in [0, 0.1) is 5.41 Å². The molecule has 1 N–H and O–H groups in total. The second kappa shape index (κ2) is 3.08. The van der Waals surface area contributed by atoms with Crippen LogP contribution in [0.25, 0.3) is 0 Å². The van der Waals surface area contributed by atoms with Gasteiger partial charge in [-0.05, 0) is 19.4 Å². The van der Waals surface area contributed by atoms with Gasteiger partial charge in [-0.3, -0.25) is 4.79 Å². The molecule has 1 aromatic carbocycles. The highest BCUT2D eigenvalue weighted by Gasteiger charge is 2.59. The fourth-order valence-electron chi connectivity index (χ4n) is 2.35. The van der Waals surface area contributed by atoms with Crippen LogP contribution in [0.15, 0.2) is 30.3 Å². The Morgan fingerprint density at radius 3 is 2.50 bits per heavy atom. The summed E-state index contributed by atoms with van der Waals surface area (Å²) in [4.78, 5) is 11.4. The van der Waals surface area contributed by atoms with Crippen molar-refractivity contribution in [3.05, 3.63) is 35.9 Å². The van der Waals surface area contributed by atoms with Gasteiger partial charge in [0.1, 0.15) is 12.2 Å². The van der Waals surface area contributed by atoms with Crippen LogP contribution in [0.5, 0.6) is 0 Å². The van der Waals surface area contributed by atoms with Crippen molar-refractivity contribution in [1.29, 1.82) is 0 Å². The van der Waals surface area contributed by atoms with Crippen molar-refractivity contribution in [3.63, 3.8) is 0 Å². The molecule has 1 amide bonds. The van der Waals surface area contributed by atoms with Crippen LogP contribution in [-0.4, -0.2) is 18.1 Å². The highest BCUT2D eigenvalue weighted by molar-refractivity contribution is 5.89. The molecule has 3 atom stereocenters. The quantitative estimate of drug-likeness (QED) is 0.604. The number of benzene rings is 1. The predicted octanol–water partition coefficient (Wildman–Crippen LogP) is 1.65. The van der Waals surface area contributed by atoms with Gasteiger partial charge < -0.3 is 10.1 Å². The number of nitrogens with one attached hydrogen (secondary N) is 1. The Bertz CT molecular complexity index is 427. The lowest BCUT2D eigenvalue weighted by molar-refractivity contribution is -0.143. The SMILES string of the molecule is CC1(C)C(=O)NC1C1OC1c1ccccc1. The Morgan fingerprint density at radius 1 is 1.25 bits per heavy atom. The van der Waals surface area contributed by atoms with E-state index in [1.807, 2.05) is 32.0 Å². The van der Waals surface area contributed by atoms with Gasteiger partial charge in [0.25, 0.3) is 0 Å². The van der Waals surface area contributed by atoms with E-state index in [2.05, 4.69) is 17.4 Å². The van der Waals surface area contributed by atoms with E-state index >= 15 is 0 Å². The zero-order chi connectivity index (χ0) is 11.3. The monoisotopic (exact) mass is 217 g/mol. The molecule has 2 saturated heterocycles. The molecule has 84 valence electrons. The van der Waals surface area contributed by atoms with Crippen molar-refractivity contribution in [2.24, 2.45) is 5.41 Å². The molecule has 0 saturated carbocycles. The van der Waals surface area contributed by atoms with Gasteiger partial charge in [0, 0.05) is 0 Å². The van der Waals surface area contributed by atoms with Gasteiger partial charge in [-0.2, -0.15) is 0 Å². The lowest BCUT2D eigenvalue weighted by Crippen LogP contribution is -2.66. The number of hydrogen-bond donors (Lipinski definition) is 1. The highest BCUT2D eigenvalue weighted by atomic mass is 16.6. The summed E-state index contributed by atoms with van der Waals surface area (Å²) in [5.74, 6) is 0.125. The first kappa shape index (κ1) is 9.85. The van der Waals surface area contributed by atoms with Crippen molar-refractivity contribution in [2.45, 2.75) is 32.1 Å². The molecule has 0 spiro atoms. The maximum atomic E-state index is 11.4. The van der Waals surface area contributed by atoms with E-state index in [1.54, 1.807) is 0 Å². The first-order valence-electron chi connectivity index (χ1n) is 5.62. The Labute approximate surface area is 94.8 Å². The number of β-lactam (4-membered cyclic amide) rings is 1. The maximum Gasteiger partial charge on any atom is 0.228 e. The minimum absolute atomic E-state index is 0.125. The average Bonchev–Trinajstić information content (AvgIpc) is 3.06. The lowest BCUT2D eigenvalue weighted by atomic mass is 9.73. The first-order valence-corrected chi connectivity index (χ1v) is 5.62. The number of epoxide rings is 1. The van der Waals surface area contributed by atoms with Gasteiger partial charge in [0.2, 0.25) is 5.91 Å². The van der Waals surface area contributed by atoms with Crippen molar-refractivity contribution < 1.29 is 9.53 Å². The van der Waals surface area contributed by atoms with E-state index in [0.717, 1.165) is 0 Å². The van der Waals surface area contributed by atoms with E-state index in [9.17, 15) is 4.79 Å². The number of ether oxygens (including phenoxy) is 1. The topological polar surface area (TPSA) is 41.6 Å². The van der Waals surface area contributed by atoms with E-state index in [-0.39, 0.29) is 29.6 Å². The van der Waals surface area contributed by atoms with Crippen LogP contribution in [0.4, 0.5) is 0 Å². The van der Waals surface area contributed by atoms with E-state index in [0.29, 0.717) is 0 Å². The van der Waals surface area contributed by atoms with Gasteiger partial charge in [-0.15, -0.1) is 0 Å². The van der Waals surface area contributed by atoms with Gasteiger partial charge in [-0.25, -0.2) is 0 Å². The van der Waals surface area contributed by atoms with Crippen LogP contribution >= 0.6 is 0 Å². The molecule has 3 heteroatoms. The fourth-order valence-corrected chi connectivity index (χ4v) is 2.35. The minimum atomic E-state index is -0.284. The summed E-state index contributed by atoms with van der Waals surface area (Å²) in [5.41, 5.74) is 0.915. The first-order chi connectivity index (χ1) is 7.60. The van der Waals surface area contributed by atoms with Crippen LogP contribution < -0.4 is 5.32 Å². The Kier molecular flexibility index (Phi) is 1.89. The molecule has 0 bridgehead atoms. The van der Waals surface area contributed by atoms with Gasteiger partial charge in [0.15, 0.2) is 0 Å². The molecule has 16 heavy (non-hydrogen) atoms. The second-order valence-electron chi connectivity index (χ2n) is 5.10.